The number of carbonyl (C=O) groups excluding carboxylic acids is 2. The van der Waals surface area contributed by atoms with E-state index in [1.54, 1.807) is 0 Å². The number of nitrogens with one attached hydrogen (secondary N) is 3. The molecule has 5 fully saturated rings. The molecule has 1 heterocycles. The van der Waals surface area contributed by atoms with Crippen LogP contribution in [-0.2, 0) is 9.53 Å². The average Bonchev–Trinajstić information content (AvgIpc) is 2.45. The number of ether oxygens (including phenoxy) is 1. The van der Waals surface area contributed by atoms with Crippen LogP contribution in [0.4, 0.5) is 4.79 Å². The smallest absolute Gasteiger partial charge is 0.322 e. The maximum Gasteiger partial charge on any atom is 0.322 e. The molecule has 23 heavy (non-hydrogen) atoms. The number of rotatable bonds is 3. The Morgan fingerprint density at radius 2 is 1.57 bits per heavy atom. The van der Waals surface area contributed by atoms with Gasteiger partial charge in [-0.2, -0.15) is 0 Å². The number of hydrogen-bond acceptors (Lipinski definition) is 3. The van der Waals surface area contributed by atoms with Crippen LogP contribution < -0.4 is 15.5 Å². The van der Waals surface area contributed by atoms with Crippen LogP contribution in [-0.4, -0.2) is 50.3 Å². The zero-order valence-corrected chi connectivity index (χ0v) is 13.7. The third kappa shape index (κ3) is 3.38. The Morgan fingerprint density at radius 3 is 2.13 bits per heavy atom. The molecule has 6 heteroatoms. The first-order valence-electron chi connectivity index (χ1n) is 9.13. The summed E-state index contributed by atoms with van der Waals surface area (Å²) in [6.07, 6.45) is 7.37. The number of urea groups is 1. The van der Waals surface area contributed by atoms with E-state index < -0.39 is 0 Å². The van der Waals surface area contributed by atoms with Crippen molar-refractivity contribution < 1.29 is 19.2 Å². The molecule has 0 aromatic heterocycles. The maximum absolute atomic E-state index is 12.3. The first kappa shape index (κ1) is 15.4. The summed E-state index contributed by atoms with van der Waals surface area (Å²) >= 11 is 0. The molecule has 6 nitrogen and oxygen atoms in total. The molecule has 4 saturated carbocycles. The highest BCUT2D eigenvalue weighted by Gasteiger charge is 2.51. The fraction of sp³-hybridized carbons (Fsp3) is 0.882. The highest BCUT2D eigenvalue weighted by atomic mass is 16.5. The predicted octanol–water partition coefficient (Wildman–Crippen LogP) is -0.304. The van der Waals surface area contributed by atoms with Crippen molar-refractivity contribution in [2.75, 3.05) is 32.8 Å². The lowest BCUT2D eigenvalue weighted by Gasteiger charge is -2.56. The van der Waals surface area contributed by atoms with Gasteiger partial charge in [0, 0.05) is 5.54 Å². The Labute approximate surface area is 137 Å². The van der Waals surface area contributed by atoms with Crippen molar-refractivity contribution in [2.24, 2.45) is 17.8 Å². The Balaban J connectivity index is 1.29. The summed E-state index contributed by atoms with van der Waals surface area (Å²) in [5.74, 6) is 2.18. The number of carbonyl (C=O) groups is 2. The second kappa shape index (κ2) is 6.06. The summed E-state index contributed by atoms with van der Waals surface area (Å²) in [4.78, 5) is 25.6. The minimum absolute atomic E-state index is 0.0368. The second-order valence-electron chi connectivity index (χ2n) is 8.24. The Hall–Kier alpha value is -1.14. The van der Waals surface area contributed by atoms with Crippen LogP contribution in [0.25, 0.3) is 0 Å². The molecule has 3 amide bonds. The van der Waals surface area contributed by atoms with Crippen molar-refractivity contribution in [1.29, 1.82) is 0 Å². The van der Waals surface area contributed by atoms with Crippen LogP contribution in [0, 0.1) is 17.8 Å². The van der Waals surface area contributed by atoms with Gasteiger partial charge in [-0.15, -0.1) is 0 Å². The van der Waals surface area contributed by atoms with E-state index in [4.69, 9.17) is 4.74 Å². The van der Waals surface area contributed by atoms with Gasteiger partial charge in [-0.1, -0.05) is 0 Å². The van der Waals surface area contributed by atoms with Gasteiger partial charge in [0.15, 0.2) is 6.54 Å². The number of amides is 3. The number of hydrogen-bond donors (Lipinski definition) is 3. The Kier molecular flexibility index (Phi) is 4.05. The highest BCUT2D eigenvalue weighted by Crippen LogP contribution is 2.55. The Bertz CT molecular complexity index is 452. The van der Waals surface area contributed by atoms with Gasteiger partial charge < -0.3 is 15.0 Å². The SMILES string of the molecule is O=C(C[NH+]1CCOCC1)NC(=O)NC12CC3CC(CC(C3)C1)C2. The summed E-state index contributed by atoms with van der Waals surface area (Å²) in [6.45, 7) is 3.43. The third-order valence-corrected chi connectivity index (χ3v) is 6.28. The normalized spacial score (nSPS) is 39.2. The van der Waals surface area contributed by atoms with E-state index in [0.717, 1.165) is 50.1 Å². The van der Waals surface area contributed by atoms with E-state index in [1.807, 2.05) is 0 Å². The Morgan fingerprint density at radius 1 is 1.00 bits per heavy atom. The molecule has 0 aromatic carbocycles. The second-order valence-corrected chi connectivity index (χ2v) is 8.24. The molecule has 1 aliphatic heterocycles. The van der Waals surface area contributed by atoms with Crippen LogP contribution in [0.15, 0.2) is 0 Å². The largest absolute Gasteiger partial charge is 0.370 e. The standard InChI is InChI=1S/C17H27N3O3/c21-15(11-20-1-3-23-4-2-20)18-16(22)19-17-8-12-5-13(9-17)7-14(6-12)10-17/h12-14H,1-11H2,(H2,18,19,21,22)/p+1. The van der Waals surface area contributed by atoms with E-state index in [0.29, 0.717) is 19.8 Å². The van der Waals surface area contributed by atoms with Gasteiger partial charge in [0.25, 0.3) is 5.91 Å². The molecule has 0 spiro atoms. The monoisotopic (exact) mass is 322 g/mol. The van der Waals surface area contributed by atoms with Crippen molar-refractivity contribution >= 4 is 11.9 Å². The zero-order chi connectivity index (χ0) is 15.9. The van der Waals surface area contributed by atoms with Crippen LogP contribution in [0.2, 0.25) is 0 Å². The van der Waals surface area contributed by atoms with Crippen LogP contribution in [0.1, 0.15) is 38.5 Å². The molecule has 3 N–H and O–H groups in total. The lowest BCUT2D eigenvalue weighted by atomic mass is 9.53. The van der Waals surface area contributed by atoms with Gasteiger partial charge in [-0.3, -0.25) is 10.1 Å². The quantitative estimate of drug-likeness (QED) is 0.668. The molecular weight excluding hydrogens is 294 g/mol. The van der Waals surface area contributed by atoms with E-state index in [1.165, 1.54) is 24.2 Å². The van der Waals surface area contributed by atoms with Crippen molar-refractivity contribution in [3.05, 3.63) is 0 Å². The van der Waals surface area contributed by atoms with Crippen molar-refractivity contribution in [3.63, 3.8) is 0 Å². The van der Waals surface area contributed by atoms with Crippen molar-refractivity contribution in [2.45, 2.75) is 44.1 Å². The molecular formula is C17H28N3O3+. The van der Waals surface area contributed by atoms with Gasteiger partial charge in [0.2, 0.25) is 0 Å². The van der Waals surface area contributed by atoms with Gasteiger partial charge in [0.1, 0.15) is 13.1 Å². The first-order valence-corrected chi connectivity index (χ1v) is 9.13. The van der Waals surface area contributed by atoms with E-state index in [9.17, 15) is 9.59 Å². The third-order valence-electron chi connectivity index (χ3n) is 6.28. The van der Waals surface area contributed by atoms with Crippen LogP contribution in [0.3, 0.4) is 0 Å². The van der Waals surface area contributed by atoms with E-state index in [2.05, 4.69) is 10.6 Å². The number of imide groups is 1. The number of morpholine rings is 1. The molecule has 5 rings (SSSR count). The summed E-state index contributed by atoms with van der Waals surface area (Å²) in [6, 6.07) is -0.287. The molecule has 0 radical (unpaired) electrons. The maximum atomic E-state index is 12.3. The van der Waals surface area contributed by atoms with Crippen LogP contribution >= 0.6 is 0 Å². The van der Waals surface area contributed by atoms with E-state index >= 15 is 0 Å². The molecule has 5 aliphatic rings. The molecule has 0 atom stereocenters. The van der Waals surface area contributed by atoms with Crippen LogP contribution in [0.5, 0.6) is 0 Å². The summed E-state index contributed by atoms with van der Waals surface area (Å²) in [5.41, 5.74) is -0.0368. The lowest BCUT2D eigenvalue weighted by Crippen LogP contribution is -3.15. The molecule has 128 valence electrons. The van der Waals surface area contributed by atoms with Gasteiger partial charge in [0.05, 0.1) is 13.2 Å². The topological polar surface area (TPSA) is 71.9 Å². The fourth-order valence-electron chi connectivity index (χ4n) is 5.77. The van der Waals surface area contributed by atoms with Crippen molar-refractivity contribution in [3.8, 4) is 0 Å². The van der Waals surface area contributed by atoms with Gasteiger partial charge >= 0.3 is 6.03 Å². The van der Waals surface area contributed by atoms with Crippen molar-refractivity contribution in [1.82, 2.24) is 10.6 Å². The molecule has 0 unspecified atom stereocenters. The van der Waals surface area contributed by atoms with Gasteiger partial charge in [-0.05, 0) is 56.3 Å². The zero-order valence-electron chi connectivity index (χ0n) is 13.7. The minimum atomic E-state index is -0.287. The summed E-state index contributed by atoms with van der Waals surface area (Å²) in [7, 11) is 0. The molecule has 4 aliphatic carbocycles. The average molecular weight is 322 g/mol. The number of quaternary nitrogens is 1. The predicted molar refractivity (Wildman–Crippen MR) is 84.0 cm³/mol. The van der Waals surface area contributed by atoms with Gasteiger partial charge in [-0.25, -0.2) is 4.79 Å². The lowest BCUT2D eigenvalue weighted by molar-refractivity contribution is -0.900. The fourth-order valence-corrected chi connectivity index (χ4v) is 5.77. The summed E-state index contributed by atoms with van der Waals surface area (Å²) < 4.78 is 5.29. The van der Waals surface area contributed by atoms with E-state index in [-0.39, 0.29) is 17.5 Å². The molecule has 4 bridgehead atoms. The highest BCUT2D eigenvalue weighted by molar-refractivity contribution is 5.95. The summed E-state index contributed by atoms with van der Waals surface area (Å²) in [5, 5.41) is 5.74. The molecule has 1 saturated heterocycles. The minimum Gasteiger partial charge on any atom is -0.370 e. The molecule has 0 aromatic rings. The first-order chi connectivity index (χ1) is 11.1.